The van der Waals surface area contributed by atoms with Gasteiger partial charge in [-0.05, 0) is 11.6 Å². The van der Waals surface area contributed by atoms with Gasteiger partial charge in [0.2, 0.25) is 5.91 Å². The summed E-state index contributed by atoms with van der Waals surface area (Å²) in [5.41, 5.74) is 6.31. The molecule has 0 aliphatic heterocycles. The van der Waals surface area contributed by atoms with Gasteiger partial charge < -0.3 is 16.2 Å². The number of amides is 1. The first-order valence-electron chi connectivity index (χ1n) is 4.52. The van der Waals surface area contributed by atoms with Gasteiger partial charge in [-0.3, -0.25) is 4.79 Å². The van der Waals surface area contributed by atoms with Crippen molar-refractivity contribution in [1.82, 2.24) is 5.32 Å². The highest BCUT2D eigenvalue weighted by Crippen LogP contribution is 2.15. The first-order chi connectivity index (χ1) is 7.15. The molecule has 0 saturated heterocycles. The van der Waals surface area contributed by atoms with Crippen molar-refractivity contribution in [3.8, 4) is 0 Å². The smallest absolute Gasteiger partial charge is 0.239 e. The summed E-state index contributed by atoms with van der Waals surface area (Å²) in [5, 5.41) is 11.3. The molecule has 1 aromatic rings. The van der Waals surface area contributed by atoms with Crippen LogP contribution in [0.25, 0.3) is 0 Å². The minimum atomic E-state index is -0.854. The van der Waals surface area contributed by atoms with E-state index in [4.69, 9.17) is 10.8 Å². The lowest BCUT2D eigenvalue weighted by Crippen LogP contribution is -2.42. The molecule has 4 N–H and O–H groups in total. The van der Waals surface area contributed by atoms with Crippen molar-refractivity contribution in [2.75, 3.05) is 6.61 Å². The Morgan fingerprint density at radius 3 is 2.69 bits per heavy atom. The number of halogens is 2. The van der Waals surface area contributed by atoms with Gasteiger partial charge in [0.15, 0.2) is 0 Å². The van der Waals surface area contributed by atoms with Crippen LogP contribution in [0.4, 0.5) is 0 Å². The second-order valence-electron chi connectivity index (χ2n) is 3.10. The predicted molar refractivity (Wildman–Crippen MR) is 68.3 cm³/mol. The summed E-state index contributed by atoms with van der Waals surface area (Å²) in [5.74, 6) is -0.353. The molecule has 1 rings (SSSR count). The quantitative estimate of drug-likeness (QED) is 0.770. The van der Waals surface area contributed by atoms with Crippen LogP contribution in [0.15, 0.2) is 28.7 Å². The fourth-order valence-corrected chi connectivity index (χ4v) is 1.46. The highest BCUT2D eigenvalue weighted by Gasteiger charge is 2.11. The normalized spacial score (nSPS) is 11.4. The number of carbonyl (C=O) groups excluding carboxylic acids is 1. The molecule has 0 saturated carbocycles. The van der Waals surface area contributed by atoms with E-state index >= 15 is 0 Å². The van der Waals surface area contributed by atoms with Gasteiger partial charge >= 0.3 is 0 Å². The van der Waals surface area contributed by atoms with E-state index in [1.165, 1.54) is 0 Å². The van der Waals surface area contributed by atoms with Crippen LogP contribution >= 0.6 is 28.3 Å². The molecule has 16 heavy (non-hydrogen) atoms. The predicted octanol–water partition coefficient (Wildman–Crippen LogP) is 0.807. The molecule has 90 valence electrons. The van der Waals surface area contributed by atoms with Crippen LogP contribution in [0.3, 0.4) is 0 Å². The molecule has 4 nitrogen and oxygen atoms in total. The van der Waals surface area contributed by atoms with Crippen molar-refractivity contribution >= 4 is 34.2 Å². The lowest BCUT2D eigenvalue weighted by atomic mass is 10.2. The standard InChI is InChI=1S/C10H13BrN2O2.ClH/c11-8-4-2-1-3-7(8)5-13-10(15)9(12)6-14;/h1-4,9,14H,5-6,12H2,(H,13,15);1H. The van der Waals surface area contributed by atoms with Crippen molar-refractivity contribution < 1.29 is 9.90 Å². The van der Waals surface area contributed by atoms with Crippen LogP contribution in [-0.2, 0) is 11.3 Å². The molecule has 1 aromatic carbocycles. The lowest BCUT2D eigenvalue weighted by Gasteiger charge is -2.10. The van der Waals surface area contributed by atoms with Crippen LogP contribution in [0.2, 0.25) is 0 Å². The Hall–Kier alpha value is -0.620. The Bertz CT molecular complexity index is 349. The summed E-state index contributed by atoms with van der Waals surface area (Å²) >= 11 is 3.37. The molecule has 0 aromatic heterocycles. The minimum Gasteiger partial charge on any atom is -0.394 e. The van der Waals surface area contributed by atoms with E-state index in [1.807, 2.05) is 24.3 Å². The van der Waals surface area contributed by atoms with Gasteiger partial charge in [-0.25, -0.2) is 0 Å². The summed E-state index contributed by atoms with van der Waals surface area (Å²) in [6.45, 7) is 0.0513. The van der Waals surface area contributed by atoms with Crippen LogP contribution in [0.1, 0.15) is 5.56 Å². The maximum atomic E-state index is 11.2. The molecule has 1 amide bonds. The van der Waals surface area contributed by atoms with E-state index in [2.05, 4.69) is 21.2 Å². The van der Waals surface area contributed by atoms with Crippen molar-refractivity contribution in [1.29, 1.82) is 0 Å². The van der Waals surface area contributed by atoms with Gasteiger partial charge in [0, 0.05) is 11.0 Å². The van der Waals surface area contributed by atoms with Crippen molar-refractivity contribution in [2.24, 2.45) is 5.73 Å². The zero-order valence-electron chi connectivity index (χ0n) is 8.52. The summed E-state index contributed by atoms with van der Waals surface area (Å²) in [4.78, 5) is 11.2. The van der Waals surface area contributed by atoms with Gasteiger partial charge in [0.05, 0.1) is 6.61 Å². The average Bonchev–Trinajstić information content (AvgIpc) is 2.26. The number of rotatable bonds is 4. The Morgan fingerprint density at radius 1 is 1.50 bits per heavy atom. The molecule has 0 bridgehead atoms. The van der Waals surface area contributed by atoms with Gasteiger partial charge in [-0.1, -0.05) is 34.1 Å². The molecular weight excluding hydrogens is 295 g/mol. The topological polar surface area (TPSA) is 75.3 Å². The first-order valence-corrected chi connectivity index (χ1v) is 5.32. The van der Waals surface area contributed by atoms with Crippen LogP contribution in [-0.4, -0.2) is 23.7 Å². The molecular formula is C10H14BrClN2O2. The molecule has 0 aliphatic rings. The van der Waals surface area contributed by atoms with E-state index in [9.17, 15) is 4.79 Å². The number of nitrogens with one attached hydrogen (secondary N) is 1. The second-order valence-corrected chi connectivity index (χ2v) is 3.95. The zero-order chi connectivity index (χ0) is 11.3. The second kappa shape index (κ2) is 7.62. The minimum absolute atomic E-state index is 0. The zero-order valence-corrected chi connectivity index (χ0v) is 10.9. The fourth-order valence-electron chi connectivity index (χ4n) is 1.04. The molecule has 1 atom stereocenters. The first kappa shape index (κ1) is 15.4. The summed E-state index contributed by atoms with van der Waals surface area (Å²) in [6.07, 6.45) is 0. The third-order valence-electron chi connectivity index (χ3n) is 1.94. The van der Waals surface area contributed by atoms with E-state index < -0.39 is 6.04 Å². The Balaban J connectivity index is 0.00000225. The van der Waals surface area contributed by atoms with Gasteiger partial charge in [-0.15, -0.1) is 12.4 Å². The Labute approximate surface area is 109 Å². The van der Waals surface area contributed by atoms with Gasteiger partial charge in [0.25, 0.3) is 0 Å². The average molecular weight is 310 g/mol. The monoisotopic (exact) mass is 308 g/mol. The summed E-state index contributed by atoms with van der Waals surface area (Å²) in [7, 11) is 0. The van der Waals surface area contributed by atoms with Crippen LogP contribution in [0, 0.1) is 0 Å². The molecule has 0 fully saturated rings. The molecule has 1 unspecified atom stereocenters. The van der Waals surface area contributed by atoms with Crippen molar-refractivity contribution in [2.45, 2.75) is 12.6 Å². The van der Waals surface area contributed by atoms with Crippen LogP contribution in [0.5, 0.6) is 0 Å². The summed E-state index contributed by atoms with van der Waals surface area (Å²) < 4.78 is 0.933. The van der Waals surface area contributed by atoms with E-state index in [0.717, 1.165) is 10.0 Å². The molecule has 0 heterocycles. The third kappa shape index (κ3) is 4.49. The van der Waals surface area contributed by atoms with E-state index in [1.54, 1.807) is 0 Å². The van der Waals surface area contributed by atoms with E-state index in [0.29, 0.717) is 6.54 Å². The Kier molecular flexibility index (Phi) is 7.33. The molecule has 0 spiro atoms. The SMILES string of the molecule is Cl.NC(CO)C(=O)NCc1ccccc1Br. The third-order valence-corrected chi connectivity index (χ3v) is 2.72. The maximum absolute atomic E-state index is 11.2. The van der Waals surface area contributed by atoms with E-state index in [-0.39, 0.29) is 24.9 Å². The lowest BCUT2D eigenvalue weighted by molar-refractivity contribution is -0.123. The van der Waals surface area contributed by atoms with Crippen LogP contribution < -0.4 is 11.1 Å². The number of aliphatic hydroxyl groups is 1. The number of carbonyl (C=O) groups is 1. The van der Waals surface area contributed by atoms with Gasteiger partial charge in [-0.2, -0.15) is 0 Å². The summed E-state index contributed by atoms with van der Waals surface area (Å²) in [6, 6.07) is 6.72. The molecule has 0 aliphatic carbocycles. The maximum Gasteiger partial charge on any atom is 0.239 e. The largest absolute Gasteiger partial charge is 0.394 e. The van der Waals surface area contributed by atoms with Crippen molar-refractivity contribution in [3.63, 3.8) is 0 Å². The molecule has 6 heteroatoms. The van der Waals surface area contributed by atoms with Gasteiger partial charge in [0.1, 0.15) is 6.04 Å². The Morgan fingerprint density at radius 2 is 2.12 bits per heavy atom. The number of aliphatic hydroxyl groups excluding tert-OH is 1. The number of hydrogen-bond donors (Lipinski definition) is 3. The fraction of sp³-hybridized carbons (Fsp3) is 0.300. The number of nitrogens with two attached hydrogens (primary N) is 1. The number of hydrogen-bond acceptors (Lipinski definition) is 3. The highest BCUT2D eigenvalue weighted by atomic mass is 79.9. The molecule has 0 radical (unpaired) electrons. The number of benzene rings is 1. The van der Waals surface area contributed by atoms with Crippen molar-refractivity contribution in [3.05, 3.63) is 34.3 Å². The highest BCUT2D eigenvalue weighted by molar-refractivity contribution is 9.10.